The van der Waals surface area contributed by atoms with Gasteiger partial charge in [-0.3, -0.25) is 4.79 Å². The van der Waals surface area contributed by atoms with Gasteiger partial charge in [0, 0.05) is 18.5 Å². The predicted octanol–water partition coefficient (Wildman–Crippen LogP) is 3.10. The molecule has 3 nitrogen and oxygen atoms in total. The van der Waals surface area contributed by atoms with Crippen molar-refractivity contribution >= 4 is 5.91 Å². The van der Waals surface area contributed by atoms with E-state index in [1.165, 1.54) is 32.1 Å². The molecule has 2 aliphatic carbocycles. The maximum absolute atomic E-state index is 12.7. The fourth-order valence-electron chi connectivity index (χ4n) is 4.84. The van der Waals surface area contributed by atoms with E-state index in [-0.39, 0.29) is 11.3 Å². The first-order chi connectivity index (χ1) is 10.1. The molecule has 3 rings (SSSR count). The number of carbonyl (C=O) groups is 1. The van der Waals surface area contributed by atoms with Crippen molar-refractivity contribution in [2.45, 2.75) is 71.3 Å². The Morgan fingerprint density at radius 3 is 2.57 bits per heavy atom. The Kier molecular flexibility index (Phi) is 4.58. The average Bonchev–Trinajstić information content (AvgIpc) is 2.48. The van der Waals surface area contributed by atoms with Crippen molar-refractivity contribution in [3.05, 3.63) is 0 Å². The van der Waals surface area contributed by atoms with Crippen molar-refractivity contribution in [3.8, 4) is 0 Å². The standard InChI is InChI=1S/C18H32N2O/c1-18(2)12-19-10-9-16(18)20-17(21)15-8-7-13-5-3-4-6-14(13)11-15/h13-16,19H,3-12H2,1-2H3,(H,20,21). The van der Waals surface area contributed by atoms with Crippen molar-refractivity contribution in [2.75, 3.05) is 13.1 Å². The summed E-state index contributed by atoms with van der Waals surface area (Å²) in [5.41, 5.74) is 0.177. The van der Waals surface area contributed by atoms with Gasteiger partial charge >= 0.3 is 0 Å². The van der Waals surface area contributed by atoms with E-state index in [9.17, 15) is 4.79 Å². The zero-order chi connectivity index (χ0) is 14.9. The van der Waals surface area contributed by atoms with Gasteiger partial charge < -0.3 is 10.6 Å². The minimum absolute atomic E-state index is 0.177. The molecule has 3 aliphatic rings. The number of rotatable bonds is 2. The highest BCUT2D eigenvalue weighted by atomic mass is 16.1. The number of hydrogen-bond acceptors (Lipinski definition) is 2. The van der Waals surface area contributed by atoms with Gasteiger partial charge in [0.1, 0.15) is 0 Å². The third-order valence-corrected chi connectivity index (χ3v) is 6.36. The molecule has 0 spiro atoms. The third-order valence-electron chi connectivity index (χ3n) is 6.36. The minimum atomic E-state index is 0.177. The molecule has 1 aliphatic heterocycles. The van der Waals surface area contributed by atoms with Crippen molar-refractivity contribution in [3.63, 3.8) is 0 Å². The molecular weight excluding hydrogens is 260 g/mol. The highest BCUT2D eigenvalue weighted by molar-refractivity contribution is 5.79. The maximum atomic E-state index is 12.7. The lowest BCUT2D eigenvalue weighted by Crippen LogP contribution is -2.55. The number of piperidine rings is 1. The molecule has 2 N–H and O–H groups in total. The predicted molar refractivity (Wildman–Crippen MR) is 86.0 cm³/mol. The van der Waals surface area contributed by atoms with Gasteiger partial charge in [0.05, 0.1) is 0 Å². The third kappa shape index (κ3) is 3.44. The highest BCUT2D eigenvalue weighted by Gasteiger charge is 2.38. The Balaban J connectivity index is 1.55. The molecular formula is C18H32N2O. The van der Waals surface area contributed by atoms with Crippen LogP contribution in [0.4, 0.5) is 0 Å². The Hall–Kier alpha value is -0.570. The molecule has 1 heterocycles. The summed E-state index contributed by atoms with van der Waals surface area (Å²) in [4.78, 5) is 12.7. The second-order valence-corrected chi connectivity index (χ2v) is 8.33. The summed E-state index contributed by atoms with van der Waals surface area (Å²) in [5.74, 6) is 2.40. The fraction of sp³-hybridized carbons (Fsp3) is 0.944. The molecule has 21 heavy (non-hydrogen) atoms. The first-order valence-corrected chi connectivity index (χ1v) is 9.07. The molecule has 2 saturated carbocycles. The van der Waals surface area contributed by atoms with E-state index >= 15 is 0 Å². The summed E-state index contributed by atoms with van der Waals surface area (Å²) in [7, 11) is 0. The molecule has 4 unspecified atom stereocenters. The Bertz CT molecular complexity index is 379. The fourth-order valence-corrected chi connectivity index (χ4v) is 4.84. The lowest BCUT2D eigenvalue weighted by atomic mass is 9.67. The van der Waals surface area contributed by atoms with Crippen LogP contribution >= 0.6 is 0 Å². The first-order valence-electron chi connectivity index (χ1n) is 9.07. The van der Waals surface area contributed by atoms with E-state index < -0.39 is 0 Å². The van der Waals surface area contributed by atoms with Gasteiger partial charge in [0.25, 0.3) is 0 Å². The van der Waals surface area contributed by atoms with Crippen molar-refractivity contribution in [1.29, 1.82) is 0 Å². The van der Waals surface area contributed by atoms with Gasteiger partial charge in [-0.25, -0.2) is 0 Å². The number of hydrogen-bond donors (Lipinski definition) is 2. The molecule has 0 bridgehead atoms. The van der Waals surface area contributed by atoms with E-state index in [0.29, 0.717) is 11.9 Å². The normalized spacial score (nSPS) is 39.3. The van der Waals surface area contributed by atoms with Gasteiger partial charge in [-0.05, 0) is 49.5 Å². The quantitative estimate of drug-likeness (QED) is 0.821. The monoisotopic (exact) mass is 292 g/mol. The summed E-state index contributed by atoms with van der Waals surface area (Å²) < 4.78 is 0. The molecule has 4 atom stereocenters. The van der Waals surface area contributed by atoms with E-state index in [2.05, 4.69) is 24.5 Å². The van der Waals surface area contributed by atoms with Crippen LogP contribution in [0.5, 0.6) is 0 Å². The average molecular weight is 292 g/mol. The van der Waals surface area contributed by atoms with Gasteiger partial charge in [-0.2, -0.15) is 0 Å². The smallest absolute Gasteiger partial charge is 0.223 e. The maximum Gasteiger partial charge on any atom is 0.223 e. The number of carbonyl (C=O) groups excluding carboxylic acids is 1. The van der Waals surface area contributed by atoms with E-state index in [1.807, 2.05) is 0 Å². The zero-order valence-electron chi connectivity index (χ0n) is 13.8. The summed E-state index contributed by atoms with van der Waals surface area (Å²) in [6, 6.07) is 0.343. The van der Waals surface area contributed by atoms with Gasteiger partial charge in [-0.15, -0.1) is 0 Å². The van der Waals surface area contributed by atoms with Crippen LogP contribution in [-0.2, 0) is 4.79 Å². The molecule has 1 saturated heterocycles. The second kappa shape index (κ2) is 6.28. The highest BCUT2D eigenvalue weighted by Crippen LogP contribution is 2.42. The summed E-state index contributed by atoms with van der Waals surface area (Å²) in [6.45, 7) is 6.57. The van der Waals surface area contributed by atoms with Gasteiger partial charge in [-0.1, -0.05) is 39.5 Å². The van der Waals surface area contributed by atoms with Crippen LogP contribution in [0.25, 0.3) is 0 Å². The Morgan fingerprint density at radius 1 is 1.05 bits per heavy atom. The van der Waals surface area contributed by atoms with Crippen LogP contribution in [0.1, 0.15) is 65.2 Å². The molecule has 0 aromatic rings. The SMILES string of the molecule is CC1(C)CNCCC1NC(=O)C1CCC2CCCCC2C1. The molecule has 0 aromatic heterocycles. The zero-order valence-corrected chi connectivity index (χ0v) is 13.8. The molecule has 3 heteroatoms. The second-order valence-electron chi connectivity index (χ2n) is 8.33. The van der Waals surface area contributed by atoms with Crippen molar-refractivity contribution < 1.29 is 4.79 Å². The summed E-state index contributed by atoms with van der Waals surface area (Å²) in [6.07, 6.45) is 10.2. The lowest BCUT2D eigenvalue weighted by Gasteiger charge is -2.42. The van der Waals surface area contributed by atoms with Crippen LogP contribution in [-0.4, -0.2) is 25.0 Å². The molecule has 0 radical (unpaired) electrons. The molecule has 3 fully saturated rings. The summed E-state index contributed by atoms with van der Waals surface area (Å²) in [5, 5.41) is 6.84. The lowest BCUT2D eigenvalue weighted by molar-refractivity contribution is -0.129. The van der Waals surface area contributed by atoms with E-state index in [4.69, 9.17) is 0 Å². The van der Waals surface area contributed by atoms with E-state index in [1.54, 1.807) is 0 Å². The molecule has 0 aromatic carbocycles. The van der Waals surface area contributed by atoms with Gasteiger partial charge in [0.2, 0.25) is 5.91 Å². The topological polar surface area (TPSA) is 41.1 Å². The Labute approximate surface area is 129 Å². The minimum Gasteiger partial charge on any atom is -0.352 e. The van der Waals surface area contributed by atoms with Crippen LogP contribution in [0.15, 0.2) is 0 Å². The number of fused-ring (bicyclic) bond motifs is 1. The van der Waals surface area contributed by atoms with Crippen LogP contribution in [0.2, 0.25) is 0 Å². The largest absolute Gasteiger partial charge is 0.352 e. The van der Waals surface area contributed by atoms with Crippen LogP contribution < -0.4 is 10.6 Å². The van der Waals surface area contributed by atoms with E-state index in [0.717, 1.165) is 44.2 Å². The summed E-state index contributed by atoms with van der Waals surface area (Å²) >= 11 is 0. The van der Waals surface area contributed by atoms with Crippen LogP contribution in [0.3, 0.4) is 0 Å². The van der Waals surface area contributed by atoms with Crippen molar-refractivity contribution in [1.82, 2.24) is 10.6 Å². The number of amides is 1. The Morgan fingerprint density at radius 2 is 1.81 bits per heavy atom. The van der Waals surface area contributed by atoms with Crippen LogP contribution in [0, 0.1) is 23.2 Å². The number of nitrogens with one attached hydrogen (secondary N) is 2. The first kappa shape index (κ1) is 15.3. The van der Waals surface area contributed by atoms with Crippen molar-refractivity contribution in [2.24, 2.45) is 23.2 Å². The van der Waals surface area contributed by atoms with Gasteiger partial charge in [0.15, 0.2) is 0 Å². The molecule has 120 valence electrons. The molecule has 1 amide bonds.